The Hall–Kier alpha value is -1.27. The number of hydrogen-bond acceptors (Lipinski definition) is 3. The van der Waals surface area contributed by atoms with E-state index in [2.05, 4.69) is 15.4 Å². The van der Waals surface area contributed by atoms with Gasteiger partial charge in [0.2, 0.25) is 11.8 Å². The molecule has 0 bridgehead atoms. The summed E-state index contributed by atoms with van der Waals surface area (Å²) in [6.07, 6.45) is -3.06. The summed E-state index contributed by atoms with van der Waals surface area (Å²) in [6.45, 7) is 4.49. The molecule has 7 heteroatoms. The highest BCUT2D eigenvalue weighted by Gasteiger charge is 2.37. The van der Waals surface area contributed by atoms with E-state index in [1.807, 2.05) is 6.92 Å². The van der Waals surface area contributed by atoms with Crippen molar-refractivity contribution in [2.45, 2.75) is 39.4 Å². The fraction of sp³-hybridized carbons (Fsp3) is 0.778. The van der Waals surface area contributed by atoms with Crippen LogP contribution in [-0.4, -0.2) is 21.3 Å². The van der Waals surface area contributed by atoms with Gasteiger partial charge in [-0.1, -0.05) is 13.8 Å². The predicted molar refractivity (Wildman–Crippen MR) is 54.1 cm³/mol. The number of hydrogen-bond donors (Lipinski definition) is 1. The summed E-state index contributed by atoms with van der Waals surface area (Å²) in [5, 5.41) is 6.52. The van der Waals surface area contributed by atoms with Gasteiger partial charge in [-0.2, -0.15) is 18.2 Å². The second-order valence-corrected chi connectivity index (χ2v) is 3.41. The molecule has 0 aliphatic rings. The highest BCUT2D eigenvalue weighted by molar-refractivity contribution is 5.23. The minimum Gasteiger partial charge on any atom is -0.353 e. The largest absolute Gasteiger partial charge is 0.451 e. The lowest BCUT2D eigenvalue weighted by Crippen LogP contribution is -2.15. The maximum Gasteiger partial charge on any atom is 0.451 e. The van der Waals surface area contributed by atoms with Crippen LogP contribution in [0.15, 0.2) is 0 Å². The third-order valence-corrected chi connectivity index (χ3v) is 1.89. The standard InChI is InChI=1S/C9H15F3N4/c1-3-5-13-8-14-7(9(10,11)12)16(15-8)6-4-2/h3-6H2,1-2H3,(H,13,15). The van der Waals surface area contributed by atoms with Crippen LogP contribution in [0.4, 0.5) is 19.1 Å². The summed E-state index contributed by atoms with van der Waals surface area (Å²) in [4.78, 5) is 3.45. The van der Waals surface area contributed by atoms with Gasteiger partial charge < -0.3 is 5.32 Å². The van der Waals surface area contributed by atoms with Crippen LogP contribution in [0, 0.1) is 0 Å². The number of nitrogens with zero attached hydrogens (tertiary/aromatic N) is 3. The molecule has 92 valence electrons. The van der Waals surface area contributed by atoms with Crippen LogP contribution in [0.1, 0.15) is 32.5 Å². The Morgan fingerprint density at radius 2 is 1.94 bits per heavy atom. The maximum atomic E-state index is 12.6. The van der Waals surface area contributed by atoms with Crippen LogP contribution < -0.4 is 5.32 Å². The van der Waals surface area contributed by atoms with Gasteiger partial charge in [-0.15, -0.1) is 5.10 Å². The van der Waals surface area contributed by atoms with Gasteiger partial charge in [-0.05, 0) is 12.8 Å². The fourth-order valence-electron chi connectivity index (χ4n) is 1.23. The SMILES string of the molecule is CCCNc1nc(C(F)(F)F)n(CCC)n1. The third kappa shape index (κ3) is 3.11. The summed E-state index contributed by atoms with van der Waals surface area (Å²) >= 11 is 0. The molecule has 0 unspecified atom stereocenters. The first kappa shape index (κ1) is 12.8. The first-order valence-corrected chi connectivity index (χ1v) is 5.25. The first-order valence-electron chi connectivity index (χ1n) is 5.25. The average molecular weight is 236 g/mol. The molecule has 0 aromatic carbocycles. The molecule has 0 saturated heterocycles. The first-order chi connectivity index (χ1) is 7.49. The Balaban J connectivity index is 2.91. The molecule has 0 amide bonds. The van der Waals surface area contributed by atoms with Crippen molar-refractivity contribution in [3.05, 3.63) is 5.82 Å². The number of anilines is 1. The summed E-state index contributed by atoms with van der Waals surface area (Å²) in [6, 6.07) is 0. The van der Waals surface area contributed by atoms with Gasteiger partial charge in [0.1, 0.15) is 0 Å². The summed E-state index contributed by atoms with van der Waals surface area (Å²) in [7, 11) is 0. The van der Waals surface area contributed by atoms with Crippen molar-refractivity contribution in [2.75, 3.05) is 11.9 Å². The Kier molecular flexibility index (Phi) is 4.14. The normalized spacial score (nSPS) is 11.8. The van der Waals surface area contributed by atoms with Crippen molar-refractivity contribution >= 4 is 5.95 Å². The second kappa shape index (κ2) is 5.18. The van der Waals surface area contributed by atoms with Gasteiger partial charge >= 0.3 is 6.18 Å². The molecule has 1 N–H and O–H groups in total. The Labute approximate surface area is 91.9 Å². The number of aryl methyl sites for hydroxylation is 1. The fourth-order valence-corrected chi connectivity index (χ4v) is 1.23. The molecule has 1 aromatic heterocycles. The summed E-state index contributed by atoms with van der Waals surface area (Å²) in [5.74, 6) is -0.893. The Bertz CT molecular complexity index is 332. The van der Waals surface area contributed by atoms with E-state index in [1.165, 1.54) is 0 Å². The van der Waals surface area contributed by atoms with Gasteiger partial charge in [-0.3, -0.25) is 0 Å². The van der Waals surface area contributed by atoms with Crippen molar-refractivity contribution in [1.82, 2.24) is 14.8 Å². The molecule has 1 aromatic rings. The van der Waals surface area contributed by atoms with E-state index in [4.69, 9.17) is 0 Å². The van der Waals surface area contributed by atoms with E-state index < -0.39 is 12.0 Å². The highest BCUT2D eigenvalue weighted by Crippen LogP contribution is 2.28. The van der Waals surface area contributed by atoms with Crippen LogP contribution in [0.5, 0.6) is 0 Å². The van der Waals surface area contributed by atoms with Gasteiger partial charge in [0.05, 0.1) is 0 Å². The van der Waals surface area contributed by atoms with E-state index >= 15 is 0 Å². The van der Waals surface area contributed by atoms with Crippen LogP contribution in [0.3, 0.4) is 0 Å². The van der Waals surface area contributed by atoms with Crippen LogP contribution in [-0.2, 0) is 12.7 Å². The molecule has 1 heterocycles. The van der Waals surface area contributed by atoms with Crippen molar-refractivity contribution < 1.29 is 13.2 Å². The van der Waals surface area contributed by atoms with Gasteiger partial charge in [0.25, 0.3) is 0 Å². The molecular weight excluding hydrogens is 221 g/mol. The van der Waals surface area contributed by atoms with E-state index in [-0.39, 0.29) is 12.5 Å². The molecule has 0 aliphatic carbocycles. The molecule has 1 rings (SSSR count). The number of nitrogens with one attached hydrogen (secondary N) is 1. The van der Waals surface area contributed by atoms with E-state index in [0.29, 0.717) is 13.0 Å². The number of alkyl halides is 3. The lowest BCUT2D eigenvalue weighted by molar-refractivity contribution is -0.147. The van der Waals surface area contributed by atoms with E-state index in [9.17, 15) is 13.2 Å². The molecule has 0 spiro atoms. The number of halogens is 3. The Morgan fingerprint density at radius 1 is 1.25 bits per heavy atom. The van der Waals surface area contributed by atoms with Crippen molar-refractivity contribution in [3.8, 4) is 0 Å². The van der Waals surface area contributed by atoms with Crippen molar-refractivity contribution in [2.24, 2.45) is 0 Å². The van der Waals surface area contributed by atoms with Crippen LogP contribution in [0.25, 0.3) is 0 Å². The van der Waals surface area contributed by atoms with Gasteiger partial charge in [0.15, 0.2) is 0 Å². The quantitative estimate of drug-likeness (QED) is 0.854. The van der Waals surface area contributed by atoms with Crippen molar-refractivity contribution in [3.63, 3.8) is 0 Å². The van der Waals surface area contributed by atoms with Gasteiger partial charge in [-0.25, -0.2) is 4.68 Å². The molecular formula is C9H15F3N4. The molecule has 0 fully saturated rings. The highest BCUT2D eigenvalue weighted by atomic mass is 19.4. The van der Waals surface area contributed by atoms with Crippen LogP contribution >= 0.6 is 0 Å². The monoisotopic (exact) mass is 236 g/mol. The zero-order valence-electron chi connectivity index (χ0n) is 9.30. The average Bonchev–Trinajstić information content (AvgIpc) is 2.58. The lowest BCUT2D eigenvalue weighted by atomic mass is 10.5. The molecule has 0 atom stereocenters. The van der Waals surface area contributed by atoms with Crippen molar-refractivity contribution in [1.29, 1.82) is 0 Å². The lowest BCUT2D eigenvalue weighted by Gasteiger charge is -2.06. The Morgan fingerprint density at radius 3 is 2.44 bits per heavy atom. The summed E-state index contributed by atoms with van der Waals surface area (Å²) < 4.78 is 38.6. The number of aromatic nitrogens is 3. The van der Waals surface area contributed by atoms with Gasteiger partial charge in [0, 0.05) is 13.1 Å². The van der Waals surface area contributed by atoms with Crippen LogP contribution in [0.2, 0.25) is 0 Å². The minimum atomic E-state index is -4.45. The molecule has 0 saturated carbocycles. The second-order valence-electron chi connectivity index (χ2n) is 3.41. The number of rotatable bonds is 5. The third-order valence-electron chi connectivity index (χ3n) is 1.89. The predicted octanol–water partition coefficient (Wildman–Crippen LogP) is 2.53. The topological polar surface area (TPSA) is 42.7 Å². The van der Waals surface area contributed by atoms with E-state index in [0.717, 1.165) is 11.1 Å². The van der Waals surface area contributed by atoms with E-state index in [1.54, 1.807) is 6.92 Å². The molecule has 4 nitrogen and oxygen atoms in total. The maximum absolute atomic E-state index is 12.6. The molecule has 16 heavy (non-hydrogen) atoms. The molecule has 0 radical (unpaired) electrons. The molecule has 0 aliphatic heterocycles. The minimum absolute atomic E-state index is 0.0441. The zero-order valence-corrected chi connectivity index (χ0v) is 9.30. The summed E-state index contributed by atoms with van der Waals surface area (Å²) in [5.41, 5.74) is 0. The smallest absolute Gasteiger partial charge is 0.353 e. The zero-order chi connectivity index (χ0) is 12.2.